The number of benzene rings is 2. The van der Waals surface area contributed by atoms with Gasteiger partial charge in [-0.05, 0) is 62.3 Å². The molecule has 3 aromatic rings. The zero-order valence-electron chi connectivity index (χ0n) is 16.4. The van der Waals surface area contributed by atoms with E-state index in [1.165, 1.54) is 46.4 Å². The van der Waals surface area contributed by atoms with Gasteiger partial charge in [0.1, 0.15) is 10.8 Å². The molecule has 0 unspecified atom stereocenters. The summed E-state index contributed by atoms with van der Waals surface area (Å²) in [6.45, 7) is 7.23. The Bertz CT molecular complexity index is 926. The van der Waals surface area contributed by atoms with Crippen LogP contribution in [0.2, 0.25) is 0 Å². The first kappa shape index (κ1) is 18.2. The number of hydrogen-bond donors (Lipinski definition) is 0. The van der Waals surface area contributed by atoms with Crippen LogP contribution in [0.25, 0.3) is 10.6 Å². The standard InChI is InChI=1S/C24H27NOS/c1-4-18-9-10-20-15-21(11-12-22(18)20)26-14-13-23-17(3)27-24(25-23)19-7-5-16(2)6-8-19/h5-8,11-12,15,18H,4,9-10,13-14H2,1-3H3/t18-/m1/s1. The van der Waals surface area contributed by atoms with Crippen LogP contribution in [0.1, 0.15) is 52.9 Å². The minimum Gasteiger partial charge on any atom is -0.493 e. The van der Waals surface area contributed by atoms with E-state index in [0.717, 1.165) is 28.8 Å². The molecule has 2 nitrogen and oxygen atoms in total. The number of aryl methyl sites for hydroxylation is 3. The fourth-order valence-corrected chi connectivity index (χ4v) is 4.91. The van der Waals surface area contributed by atoms with E-state index in [-0.39, 0.29) is 0 Å². The average Bonchev–Trinajstić information content (AvgIpc) is 3.25. The normalized spacial score (nSPS) is 15.7. The van der Waals surface area contributed by atoms with E-state index >= 15 is 0 Å². The van der Waals surface area contributed by atoms with Gasteiger partial charge >= 0.3 is 0 Å². The van der Waals surface area contributed by atoms with Crippen molar-refractivity contribution in [2.75, 3.05) is 6.61 Å². The SMILES string of the molecule is CC[C@@H]1CCc2cc(OCCc3nc(-c4ccc(C)cc4)sc3C)ccc21. The van der Waals surface area contributed by atoms with E-state index < -0.39 is 0 Å². The first-order valence-electron chi connectivity index (χ1n) is 9.93. The zero-order valence-corrected chi connectivity index (χ0v) is 17.2. The Hall–Kier alpha value is -2.13. The van der Waals surface area contributed by atoms with Crippen molar-refractivity contribution < 1.29 is 4.74 Å². The lowest BCUT2D eigenvalue weighted by Gasteiger charge is -2.10. The number of aromatic nitrogens is 1. The Labute approximate surface area is 166 Å². The van der Waals surface area contributed by atoms with Crippen molar-refractivity contribution in [3.8, 4) is 16.3 Å². The predicted molar refractivity (Wildman–Crippen MR) is 114 cm³/mol. The molecule has 4 rings (SSSR count). The highest BCUT2D eigenvalue weighted by molar-refractivity contribution is 7.15. The minimum atomic E-state index is 0.675. The summed E-state index contributed by atoms with van der Waals surface area (Å²) in [7, 11) is 0. The third kappa shape index (κ3) is 3.93. The molecule has 0 spiro atoms. The zero-order chi connectivity index (χ0) is 18.8. The molecular weight excluding hydrogens is 350 g/mol. The quantitative estimate of drug-likeness (QED) is 0.490. The summed E-state index contributed by atoms with van der Waals surface area (Å²) >= 11 is 1.77. The van der Waals surface area contributed by atoms with E-state index in [0.29, 0.717) is 6.61 Å². The molecule has 27 heavy (non-hydrogen) atoms. The van der Waals surface area contributed by atoms with Gasteiger partial charge in [0.25, 0.3) is 0 Å². The second-order valence-corrected chi connectivity index (χ2v) is 8.69. The first-order chi connectivity index (χ1) is 13.1. The Morgan fingerprint density at radius 2 is 1.93 bits per heavy atom. The molecule has 3 heteroatoms. The van der Waals surface area contributed by atoms with Crippen molar-refractivity contribution >= 4 is 11.3 Å². The number of rotatable bonds is 6. The Morgan fingerprint density at radius 1 is 1.11 bits per heavy atom. The molecule has 0 radical (unpaired) electrons. The van der Waals surface area contributed by atoms with Crippen LogP contribution in [0, 0.1) is 13.8 Å². The summed E-state index contributed by atoms with van der Waals surface area (Å²) in [6.07, 6.45) is 4.56. The van der Waals surface area contributed by atoms with Gasteiger partial charge in [-0.15, -0.1) is 11.3 Å². The Kier molecular flexibility index (Phi) is 5.31. The molecule has 1 atom stereocenters. The molecule has 140 valence electrons. The van der Waals surface area contributed by atoms with E-state index in [9.17, 15) is 0 Å². The smallest absolute Gasteiger partial charge is 0.123 e. The second kappa shape index (κ2) is 7.85. The van der Waals surface area contributed by atoms with Crippen molar-refractivity contribution in [1.82, 2.24) is 4.98 Å². The van der Waals surface area contributed by atoms with Gasteiger partial charge in [-0.2, -0.15) is 0 Å². The molecule has 0 bridgehead atoms. The van der Waals surface area contributed by atoms with E-state index in [1.54, 1.807) is 11.3 Å². The molecule has 2 aromatic carbocycles. The van der Waals surface area contributed by atoms with E-state index in [1.807, 2.05) is 0 Å². The maximum Gasteiger partial charge on any atom is 0.123 e. The van der Waals surface area contributed by atoms with Crippen molar-refractivity contribution in [3.63, 3.8) is 0 Å². The summed E-state index contributed by atoms with van der Waals surface area (Å²) < 4.78 is 6.05. The van der Waals surface area contributed by atoms with E-state index in [4.69, 9.17) is 9.72 Å². The molecule has 1 heterocycles. The first-order valence-corrected chi connectivity index (χ1v) is 10.7. The van der Waals surface area contributed by atoms with Crippen molar-refractivity contribution in [2.24, 2.45) is 0 Å². The maximum atomic E-state index is 6.05. The van der Waals surface area contributed by atoms with Crippen LogP contribution in [-0.2, 0) is 12.8 Å². The van der Waals surface area contributed by atoms with E-state index in [2.05, 4.69) is 63.2 Å². The second-order valence-electron chi connectivity index (χ2n) is 7.49. The molecule has 1 aromatic heterocycles. The van der Waals surface area contributed by atoms with Crippen LogP contribution in [-0.4, -0.2) is 11.6 Å². The lowest BCUT2D eigenvalue weighted by Crippen LogP contribution is -2.03. The topological polar surface area (TPSA) is 22.1 Å². The molecular formula is C24H27NOS. The van der Waals surface area contributed by atoms with Crippen molar-refractivity contribution in [1.29, 1.82) is 0 Å². The fraction of sp³-hybridized carbons (Fsp3) is 0.375. The highest BCUT2D eigenvalue weighted by Crippen LogP contribution is 2.37. The number of hydrogen-bond acceptors (Lipinski definition) is 3. The molecule has 0 aliphatic heterocycles. The summed E-state index contributed by atoms with van der Waals surface area (Å²) in [5.74, 6) is 1.74. The van der Waals surface area contributed by atoms with Crippen LogP contribution in [0.5, 0.6) is 5.75 Å². The monoisotopic (exact) mass is 377 g/mol. The van der Waals surface area contributed by atoms with Crippen molar-refractivity contribution in [2.45, 2.75) is 52.4 Å². The van der Waals surface area contributed by atoms with Crippen LogP contribution in [0.4, 0.5) is 0 Å². The van der Waals surface area contributed by atoms with Crippen molar-refractivity contribution in [3.05, 3.63) is 69.7 Å². The van der Waals surface area contributed by atoms with Gasteiger partial charge < -0.3 is 4.74 Å². The molecule has 1 aliphatic rings. The highest BCUT2D eigenvalue weighted by atomic mass is 32.1. The number of fused-ring (bicyclic) bond motifs is 1. The maximum absolute atomic E-state index is 6.05. The Morgan fingerprint density at radius 3 is 2.70 bits per heavy atom. The molecule has 0 fully saturated rings. The molecule has 1 aliphatic carbocycles. The summed E-state index contributed by atoms with van der Waals surface area (Å²) in [4.78, 5) is 6.14. The van der Waals surface area contributed by atoms with Gasteiger partial charge in [0, 0.05) is 16.9 Å². The van der Waals surface area contributed by atoms with Gasteiger partial charge in [-0.1, -0.05) is 42.8 Å². The van der Waals surface area contributed by atoms with Gasteiger partial charge in [0.05, 0.1) is 12.3 Å². The number of thiazole rings is 1. The lowest BCUT2D eigenvalue weighted by atomic mass is 9.99. The molecule has 0 saturated carbocycles. The number of ether oxygens (including phenoxy) is 1. The predicted octanol–water partition coefficient (Wildman–Crippen LogP) is 6.49. The van der Waals surface area contributed by atoms with Crippen LogP contribution >= 0.6 is 11.3 Å². The Balaban J connectivity index is 1.39. The van der Waals surface area contributed by atoms with Crippen LogP contribution in [0.15, 0.2) is 42.5 Å². The van der Waals surface area contributed by atoms with Crippen LogP contribution < -0.4 is 4.74 Å². The third-order valence-electron chi connectivity index (χ3n) is 5.61. The highest BCUT2D eigenvalue weighted by Gasteiger charge is 2.21. The fourth-order valence-electron chi connectivity index (χ4n) is 3.94. The van der Waals surface area contributed by atoms with Gasteiger partial charge in [0.15, 0.2) is 0 Å². The average molecular weight is 378 g/mol. The minimum absolute atomic E-state index is 0.675. The number of nitrogens with zero attached hydrogens (tertiary/aromatic N) is 1. The summed E-state index contributed by atoms with van der Waals surface area (Å²) in [5, 5.41) is 1.10. The summed E-state index contributed by atoms with van der Waals surface area (Å²) in [5.41, 5.74) is 6.64. The third-order valence-corrected chi connectivity index (χ3v) is 6.67. The molecule has 0 N–H and O–H groups in total. The largest absolute Gasteiger partial charge is 0.493 e. The summed E-state index contributed by atoms with van der Waals surface area (Å²) in [6, 6.07) is 15.3. The van der Waals surface area contributed by atoms with Gasteiger partial charge in [-0.3, -0.25) is 0 Å². The van der Waals surface area contributed by atoms with Gasteiger partial charge in [-0.25, -0.2) is 4.98 Å². The van der Waals surface area contributed by atoms with Gasteiger partial charge in [0.2, 0.25) is 0 Å². The molecule has 0 saturated heterocycles. The molecule has 0 amide bonds. The van der Waals surface area contributed by atoms with Crippen LogP contribution in [0.3, 0.4) is 0 Å². The lowest BCUT2D eigenvalue weighted by molar-refractivity contribution is 0.320.